The number of aromatic nitrogens is 2. The van der Waals surface area contributed by atoms with Gasteiger partial charge < -0.3 is 28.8 Å². The van der Waals surface area contributed by atoms with Crippen molar-refractivity contribution in [3.63, 3.8) is 0 Å². The van der Waals surface area contributed by atoms with Gasteiger partial charge in [0.05, 0.1) is 33.2 Å². The molecule has 1 saturated heterocycles. The summed E-state index contributed by atoms with van der Waals surface area (Å²) in [5.74, 6) is 1.52. The van der Waals surface area contributed by atoms with Crippen LogP contribution in [0.15, 0.2) is 52.1 Å². The number of benzene rings is 2. The molecule has 0 saturated carbocycles. The van der Waals surface area contributed by atoms with Gasteiger partial charge in [-0.2, -0.15) is 0 Å². The molecule has 3 aromatic rings. The number of nitrogens with zero attached hydrogens (tertiary/aromatic N) is 3. The molecule has 4 rings (SSSR count). The molecule has 9 nitrogen and oxygen atoms in total. The van der Waals surface area contributed by atoms with Crippen molar-refractivity contribution in [3.8, 4) is 23.0 Å². The Morgan fingerprint density at radius 1 is 1.06 bits per heavy atom. The van der Waals surface area contributed by atoms with E-state index in [9.17, 15) is 4.79 Å². The third-order valence-electron chi connectivity index (χ3n) is 4.89. The molecule has 2 aromatic carbocycles. The molecular weight excluding hydrogens is 432 g/mol. The molecule has 0 unspecified atom stereocenters. The first-order valence-electron chi connectivity index (χ1n) is 10.1. The summed E-state index contributed by atoms with van der Waals surface area (Å²) in [6, 6.07) is 13.1. The number of morpholine rings is 1. The fourth-order valence-electron chi connectivity index (χ4n) is 3.26. The van der Waals surface area contributed by atoms with Gasteiger partial charge in [0, 0.05) is 30.0 Å². The summed E-state index contributed by atoms with van der Waals surface area (Å²) >= 11 is 1.18. The van der Waals surface area contributed by atoms with Crippen LogP contribution in [-0.2, 0) is 9.53 Å². The Morgan fingerprint density at radius 2 is 1.81 bits per heavy atom. The quantitative estimate of drug-likeness (QED) is 0.512. The number of amides is 1. The van der Waals surface area contributed by atoms with Crippen LogP contribution in [0.5, 0.6) is 11.5 Å². The second kappa shape index (κ2) is 10.4. The van der Waals surface area contributed by atoms with Crippen LogP contribution in [0, 0.1) is 0 Å². The number of nitrogens with one attached hydrogen (secondary N) is 1. The molecule has 1 aliphatic rings. The Labute approximate surface area is 190 Å². The molecule has 0 bridgehead atoms. The van der Waals surface area contributed by atoms with E-state index in [0.717, 1.165) is 37.7 Å². The lowest BCUT2D eigenvalue weighted by atomic mass is 10.2. The number of carbonyl (C=O) groups excluding carboxylic acids is 1. The number of thioether (sulfide) groups is 1. The summed E-state index contributed by atoms with van der Waals surface area (Å²) in [5, 5.41) is 11.3. The van der Waals surface area contributed by atoms with Gasteiger partial charge in [-0.1, -0.05) is 11.8 Å². The van der Waals surface area contributed by atoms with Gasteiger partial charge in [0.25, 0.3) is 5.22 Å². The summed E-state index contributed by atoms with van der Waals surface area (Å²) in [4.78, 5) is 14.6. The maximum Gasteiger partial charge on any atom is 0.277 e. The molecule has 0 aliphatic carbocycles. The predicted molar refractivity (Wildman–Crippen MR) is 122 cm³/mol. The molecule has 1 aliphatic heterocycles. The van der Waals surface area contributed by atoms with Crippen LogP contribution in [0.2, 0.25) is 0 Å². The van der Waals surface area contributed by atoms with E-state index in [1.165, 1.54) is 11.8 Å². The first kappa shape index (κ1) is 22.0. The summed E-state index contributed by atoms with van der Waals surface area (Å²) in [5.41, 5.74) is 2.56. The molecule has 1 amide bonds. The minimum absolute atomic E-state index is 0.152. The molecule has 32 heavy (non-hydrogen) atoms. The number of hydrogen-bond donors (Lipinski definition) is 1. The highest BCUT2D eigenvalue weighted by Crippen LogP contribution is 2.32. The largest absolute Gasteiger partial charge is 0.493 e. The van der Waals surface area contributed by atoms with Crippen molar-refractivity contribution in [2.24, 2.45) is 0 Å². The van der Waals surface area contributed by atoms with Gasteiger partial charge >= 0.3 is 0 Å². The van der Waals surface area contributed by atoms with E-state index in [2.05, 4.69) is 20.4 Å². The number of methoxy groups -OCH3 is 2. The Morgan fingerprint density at radius 3 is 2.53 bits per heavy atom. The average molecular weight is 457 g/mol. The van der Waals surface area contributed by atoms with Crippen molar-refractivity contribution >= 4 is 29.0 Å². The fraction of sp³-hybridized carbons (Fsp3) is 0.318. The summed E-state index contributed by atoms with van der Waals surface area (Å²) in [7, 11) is 3.13. The van der Waals surface area contributed by atoms with Crippen molar-refractivity contribution in [2.45, 2.75) is 5.22 Å². The molecule has 1 fully saturated rings. The molecule has 2 heterocycles. The van der Waals surface area contributed by atoms with Crippen molar-refractivity contribution in [1.82, 2.24) is 10.2 Å². The average Bonchev–Trinajstić information content (AvgIpc) is 3.32. The minimum atomic E-state index is -0.153. The molecule has 168 valence electrons. The van der Waals surface area contributed by atoms with Crippen LogP contribution in [0.4, 0.5) is 11.4 Å². The molecule has 1 N–H and O–H groups in total. The Balaban J connectivity index is 1.30. The monoisotopic (exact) mass is 456 g/mol. The minimum Gasteiger partial charge on any atom is -0.493 e. The number of hydrogen-bond acceptors (Lipinski definition) is 9. The van der Waals surface area contributed by atoms with Crippen LogP contribution < -0.4 is 19.7 Å². The first-order chi connectivity index (χ1) is 15.7. The summed E-state index contributed by atoms with van der Waals surface area (Å²) in [6.45, 7) is 3.22. The number of carbonyl (C=O) groups is 1. The molecule has 0 spiro atoms. The number of ether oxygens (including phenoxy) is 3. The van der Waals surface area contributed by atoms with Gasteiger partial charge in [0.1, 0.15) is 0 Å². The lowest BCUT2D eigenvalue weighted by Gasteiger charge is -2.28. The molecule has 1 aromatic heterocycles. The van der Waals surface area contributed by atoms with Gasteiger partial charge in [-0.15, -0.1) is 10.2 Å². The Hall–Kier alpha value is -3.24. The highest BCUT2D eigenvalue weighted by atomic mass is 32.2. The van der Waals surface area contributed by atoms with E-state index < -0.39 is 0 Å². The molecular formula is C22H24N4O5S. The van der Waals surface area contributed by atoms with E-state index in [-0.39, 0.29) is 11.7 Å². The van der Waals surface area contributed by atoms with Crippen LogP contribution in [0.25, 0.3) is 11.5 Å². The first-order valence-corrected chi connectivity index (χ1v) is 11.1. The van der Waals surface area contributed by atoms with Crippen LogP contribution in [0.3, 0.4) is 0 Å². The normalized spacial score (nSPS) is 13.6. The summed E-state index contributed by atoms with van der Waals surface area (Å²) < 4.78 is 21.6. The van der Waals surface area contributed by atoms with Gasteiger partial charge in [0.15, 0.2) is 11.5 Å². The van der Waals surface area contributed by atoms with Crippen molar-refractivity contribution in [3.05, 3.63) is 42.5 Å². The zero-order valence-electron chi connectivity index (χ0n) is 17.9. The highest BCUT2D eigenvalue weighted by molar-refractivity contribution is 7.99. The second-order valence-corrected chi connectivity index (χ2v) is 7.85. The van der Waals surface area contributed by atoms with Crippen molar-refractivity contribution < 1.29 is 23.4 Å². The third kappa shape index (κ3) is 5.32. The van der Waals surface area contributed by atoms with Crippen LogP contribution in [-0.4, -0.2) is 62.4 Å². The second-order valence-electron chi connectivity index (χ2n) is 6.93. The SMILES string of the molecule is COc1ccc(-c2nnc(SCC(=O)Nc3ccc(N4CCOCC4)cc3)o2)cc1OC. The van der Waals surface area contributed by atoms with Crippen LogP contribution in [0.1, 0.15) is 0 Å². The zero-order valence-corrected chi connectivity index (χ0v) is 18.7. The lowest BCUT2D eigenvalue weighted by molar-refractivity contribution is -0.113. The maximum absolute atomic E-state index is 12.3. The van der Waals surface area contributed by atoms with Crippen molar-refractivity contribution in [1.29, 1.82) is 0 Å². The van der Waals surface area contributed by atoms with Gasteiger partial charge in [0.2, 0.25) is 11.8 Å². The predicted octanol–water partition coefficient (Wildman–Crippen LogP) is 3.32. The van der Waals surface area contributed by atoms with Gasteiger partial charge in [-0.05, 0) is 42.5 Å². The van der Waals surface area contributed by atoms with E-state index in [4.69, 9.17) is 18.6 Å². The van der Waals surface area contributed by atoms with E-state index in [0.29, 0.717) is 28.2 Å². The number of rotatable bonds is 8. The van der Waals surface area contributed by atoms with Crippen LogP contribution >= 0.6 is 11.8 Å². The van der Waals surface area contributed by atoms with E-state index in [1.807, 2.05) is 24.3 Å². The molecule has 10 heteroatoms. The molecule has 0 radical (unpaired) electrons. The van der Waals surface area contributed by atoms with Crippen molar-refractivity contribution in [2.75, 3.05) is 56.5 Å². The number of anilines is 2. The van der Waals surface area contributed by atoms with Gasteiger partial charge in [-0.3, -0.25) is 4.79 Å². The Bertz CT molecular complexity index is 1050. The Kier molecular flexibility index (Phi) is 7.13. The highest BCUT2D eigenvalue weighted by Gasteiger charge is 2.14. The lowest BCUT2D eigenvalue weighted by Crippen LogP contribution is -2.36. The standard InChI is InChI=1S/C22H24N4O5S/c1-28-18-8-3-15(13-19(18)29-2)21-24-25-22(31-21)32-14-20(27)23-16-4-6-17(7-5-16)26-9-11-30-12-10-26/h3-8,13H,9-12,14H2,1-2H3,(H,23,27). The van der Waals surface area contributed by atoms with E-state index >= 15 is 0 Å². The zero-order chi connectivity index (χ0) is 22.3. The topological polar surface area (TPSA) is 99.0 Å². The smallest absolute Gasteiger partial charge is 0.277 e. The maximum atomic E-state index is 12.3. The molecule has 0 atom stereocenters. The van der Waals surface area contributed by atoms with Gasteiger partial charge in [-0.25, -0.2) is 0 Å². The fourth-order valence-corrected chi connectivity index (χ4v) is 3.82. The van der Waals surface area contributed by atoms with E-state index in [1.54, 1.807) is 32.4 Å². The summed E-state index contributed by atoms with van der Waals surface area (Å²) in [6.07, 6.45) is 0. The third-order valence-corrected chi connectivity index (χ3v) is 5.71.